The van der Waals surface area contributed by atoms with Crippen molar-refractivity contribution in [1.82, 2.24) is 0 Å². The minimum atomic E-state index is -0.866. The van der Waals surface area contributed by atoms with Gasteiger partial charge in [-0.1, -0.05) is 126 Å². The lowest BCUT2D eigenvalue weighted by Crippen LogP contribution is -2.23. The predicted molar refractivity (Wildman–Crippen MR) is 180 cm³/mol. The van der Waals surface area contributed by atoms with Crippen molar-refractivity contribution in [1.29, 1.82) is 0 Å². The monoisotopic (exact) mass is 618 g/mol. The van der Waals surface area contributed by atoms with E-state index in [2.05, 4.69) is 19.9 Å². The van der Waals surface area contributed by atoms with E-state index in [-0.39, 0.29) is 11.1 Å². The third-order valence-electron chi connectivity index (χ3n) is 10.6. The van der Waals surface area contributed by atoms with Crippen LogP contribution in [0.5, 0.6) is 0 Å². The molecular formula is C41H50F4. The lowest BCUT2D eigenvalue weighted by Gasteiger charge is -2.35. The van der Waals surface area contributed by atoms with E-state index in [1.54, 1.807) is 48.5 Å². The number of allylic oxidation sites excluding steroid dienone is 2. The molecule has 0 N–H and O–H groups in total. The number of aryl methyl sites for hydroxylation is 1. The Morgan fingerprint density at radius 3 is 1.76 bits per heavy atom. The van der Waals surface area contributed by atoms with E-state index in [0.717, 1.165) is 62.4 Å². The van der Waals surface area contributed by atoms with E-state index >= 15 is 8.78 Å². The average molecular weight is 619 g/mol. The maximum absolute atomic E-state index is 15.5. The highest BCUT2D eigenvalue weighted by atomic mass is 19.2. The van der Waals surface area contributed by atoms with Gasteiger partial charge in [0.15, 0.2) is 23.3 Å². The van der Waals surface area contributed by atoms with Crippen LogP contribution in [0.4, 0.5) is 17.6 Å². The Bertz CT molecular complexity index is 1430. The molecule has 0 heterocycles. The van der Waals surface area contributed by atoms with Crippen molar-refractivity contribution >= 4 is 5.57 Å². The second kappa shape index (κ2) is 16.1. The molecule has 3 aromatic carbocycles. The molecule has 1 fully saturated rings. The summed E-state index contributed by atoms with van der Waals surface area (Å²) in [7, 11) is 0. The fourth-order valence-electron chi connectivity index (χ4n) is 7.76. The summed E-state index contributed by atoms with van der Waals surface area (Å²) in [5.41, 5.74) is 2.99. The Morgan fingerprint density at radius 1 is 0.556 bits per heavy atom. The van der Waals surface area contributed by atoms with Gasteiger partial charge in [0, 0.05) is 16.7 Å². The quantitative estimate of drug-likeness (QED) is 0.132. The van der Waals surface area contributed by atoms with Crippen LogP contribution >= 0.6 is 0 Å². The first kappa shape index (κ1) is 33.5. The molecule has 0 nitrogen and oxygen atoms in total. The fourth-order valence-corrected chi connectivity index (χ4v) is 7.76. The minimum Gasteiger partial charge on any atom is -0.203 e. The highest BCUT2D eigenvalue weighted by molar-refractivity contribution is 5.74. The van der Waals surface area contributed by atoms with Gasteiger partial charge in [-0.05, 0) is 85.0 Å². The van der Waals surface area contributed by atoms with Crippen LogP contribution in [0, 0.1) is 41.0 Å². The first-order valence-corrected chi connectivity index (χ1v) is 17.7. The van der Waals surface area contributed by atoms with Crippen LogP contribution in [-0.2, 0) is 6.42 Å². The first-order valence-electron chi connectivity index (χ1n) is 17.7. The molecule has 0 spiro atoms. The molecule has 0 bridgehead atoms. The van der Waals surface area contributed by atoms with Crippen LogP contribution in [0.1, 0.15) is 121 Å². The van der Waals surface area contributed by atoms with Crippen molar-refractivity contribution < 1.29 is 17.6 Å². The van der Waals surface area contributed by atoms with Crippen LogP contribution < -0.4 is 0 Å². The average Bonchev–Trinajstić information content (AvgIpc) is 3.07. The molecule has 5 rings (SSSR count). The van der Waals surface area contributed by atoms with Gasteiger partial charge >= 0.3 is 0 Å². The van der Waals surface area contributed by atoms with Crippen molar-refractivity contribution in [2.75, 3.05) is 0 Å². The van der Waals surface area contributed by atoms with Crippen LogP contribution in [-0.4, -0.2) is 0 Å². The molecule has 1 unspecified atom stereocenters. The van der Waals surface area contributed by atoms with Gasteiger partial charge in [0.05, 0.1) is 0 Å². The summed E-state index contributed by atoms with van der Waals surface area (Å²) in [4.78, 5) is 0. The van der Waals surface area contributed by atoms with Crippen LogP contribution in [0.15, 0.2) is 54.6 Å². The summed E-state index contributed by atoms with van der Waals surface area (Å²) in [5, 5.41) is 0. The molecule has 0 radical (unpaired) electrons. The molecule has 4 heteroatoms. The third-order valence-corrected chi connectivity index (χ3v) is 10.6. The third kappa shape index (κ3) is 8.10. The number of rotatable bonds is 13. The summed E-state index contributed by atoms with van der Waals surface area (Å²) in [5.74, 6) is -1.03. The van der Waals surface area contributed by atoms with Gasteiger partial charge in [-0.2, -0.15) is 0 Å². The maximum Gasteiger partial charge on any atom is 0.167 e. The number of hydrogen-bond donors (Lipinski definition) is 0. The van der Waals surface area contributed by atoms with Gasteiger partial charge in [-0.25, -0.2) is 17.6 Å². The van der Waals surface area contributed by atoms with Crippen molar-refractivity contribution in [3.05, 3.63) is 89.0 Å². The predicted octanol–water partition coefficient (Wildman–Crippen LogP) is 13.3. The van der Waals surface area contributed by atoms with Crippen molar-refractivity contribution in [3.63, 3.8) is 0 Å². The van der Waals surface area contributed by atoms with E-state index in [1.807, 2.05) is 0 Å². The molecule has 2 aliphatic rings. The Morgan fingerprint density at radius 2 is 1.13 bits per heavy atom. The van der Waals surface area contributed by atoms with E-state index < -0.39 is 23.3 Å². The summed E-state index contributed by atoms with van der Waals surface area (Å²) in [6.45, 7) is 4.38. The van der Waals surface area contributed by atoms with E-state index in [4.69, 9.17) is 0 Å². The molecule has 0 saturated heterocycles. The second-order valence-electron chi connectivity index (χ2n) is 13.6. The van der Waals surface area contributed by atoms with Crippen molar-refractivity contribution in [3.8, 4) is 22.3 Å². The lowest BCUT2D eigenvalue weighted by molar-refractivity contribution is 0.187. The van der Waals surface area contributed by atoms with Crippen LogP contribution in [0.2, 0.25) is 0 Å². The van der Waals surface area contributed by atoms with Crippen molar-refractivity contribution in [2.24, 2.45) is 17.8 Å². The number of unbranched alkanes of at least 4 members (excludes halogenated alkanes) is 5. The zero-order valence-electron chi connectivity index (χ0n) is 27.3. The highest BCUT2D eigenvalue weighted by Gasteiger charge is 2.29. The Hall–Kier alpha value is -2.88. The van der Waals surface area contributed by atoms with E-state index in [9.17, 15) is 8.78 Å². The molecule has 1 saturated carbocycles. The smallest absolute Gasteiger partial charge is 0.167 e. The molecule has 2 aliphatic carbocycles. The lowest BCUT2D eigenvalue weighted by atomic mass is 9.70. The first-order chi connectivity index (χ1) is 21.9. The molecule has 242 valence electrons. The normalized spacial score (nSPS) is 20.3. The van der Waals surface area contributed by atoms with Gasteiger partial charge in [0.1, 0.15) is 0 Å². The zero-order valence-corrected chi connectivity index (χ0v) is 27.3. The van der Waals surface area contributed by atoms with E-state index in [1.165, 1.54) is 51.4 Å². The summed E-state index contributed by atoms with van der Waals surface area (Å²) in [6, 6.07) is 13.2. The van der Waals surface area contributed by atoms with Crippen LogP contribution in [0.3, 0.4) is 0 Å². The van der Waals surface area contributed by atoms with Crippen LogP contribution in [0.25, 0.3) is 27.8 Å². The molecule has 0 aliphatic heterocycles. The van der Waals surface area contributed by atoms with Gasteiger partial charge in [0.25, 0.3) is 0 Å². The number of benzene rings is 3. The molecule has 3 aromatic rings. The fraction of sp³-hybridized carbons (Fsp3) is 0.512. The van der Waals surface area contributed by atoms with Gasteiger partial charge < -0.3 is 0 Å². The number of halogens is 4. The summed E-state index contributed by atoms with van der Waals surface area (Å²) >= 11 is 0. The SMILES string of the molecule is CCCCCCc1ccc(-c2ccc(-c3ccc(C4=CCC(C5CCC(CCCCC)CC5)CC4)c(F)c3F)cc2)c(F)c1F. The van der Waals surface area contributed by atoms with Crippen molar-refractivity contribution in [2.45, 2.75) is 117 Å². The standard InChI is InChI=1S/C41H50F4/c1-3-5-7-9-11-34-24-25-35(39(43)38(34)42)32-20-22-33(23-21-32)37-27-26-36(40(44)41(37)45)31-18-16-30(17-19-31)29-14-12-28(13-15-29)10-8-6-4-2/h18,20-30H,3-17,19H2,1-2H3. The largest absolute Gasteiger partial charge is 0.203 e. The summed E-state index contributed by atoms with van der Waals surface area (Å²) in [6.07, 6.45) is 20.1. The Kier molecular flexibility index (Phi) is 12.0. The Labute approximate surface area is 268 Å². The van der Waals surface area contributed by atoms with Gasteiger partial charge in [0.2, 0.25) is 0 Å². The van der Waals surface area contributed by atoms with Gasteiger partial charge in [-0.3, -0.25) is 0 Å². The topological polar surface area (TPSA) is 0 Å². The number of hydrogen-bond acceptors (Lipinski definition) is 0. The molecule has 1 atom stereocenters. The summed E-state index contributed by atoms with van der Waals surface area (Å²) < 4.78 is 60.7. The van der Waals surface area contributed by atoms with Gasteiger partial charge in [-0.15, -0.1) is 0 Å². The molecular weight excluding hydrogens is 568 g/mol. The second-order valence-corrected chi connectivity index (χ2v) is 13.6. The molecule has 0 amide bonds. The minimum absolute atomic E-state index is 0.168. The Balaban J connectivity index is 1.22. The molecule has 0 aromatic heterocycles. The van der Waals surface area contributed by atoms with E-state index in [0.29, 0.717) is 34.6 Å². The maximum atomic E-state index is 15.5. The highest BCUT2D eigenvalue weighted by Crippen LogP contribution is 2.43. The molecule has 45 heavy (non-hydrogen) atoms. The zero-order chi connectivity index (χ0) is 31.8.